The number of nitrogens with zero attached hydrogens (tertiary/aromatic N) is 1. The Hall–Kier alpha value is -1.75. The first-order chi connectivity index (χ1) is 18.4. The molecule has 41 heavy (non-hydrogen) atoms. The quantitative estimate of drug-likeness (QED) is 0.248. The highest BCUT2D eigenvalue weighted by atomic mass is 16.5. The van der Waals surface area contributed by atoms with Crippen molar-refractivity contribution in [2.75, 3.05) is 19.6 Å². The standard InChI is InChI=1S/C31H58N6O4/c1-26(2)13-20(29(7,8)35-26)23(38)32-16-19(17-33-24(39)21-14-27(3,4)36-30(21,9)10)18-34-25(40)22-15-28(5,6)37(41)31(22,11)12/h19-22,35-36,41H,13-18H2,1-12H3,(H,32,38)(H,33,39)(H,34,40). The number of carbonyl (C=O) groups is 3. The average Bonchev–Trinajstić information content (AvgIpc) is 3.25. The van der Waals surface area contributed by atoms with E-state index in [1.165, 1.54) is 5.06 Å². The second-order valence-electron chi connectivity index (χ2n) is 16.6. The van der Waals surface area contributed by atoms with Crippen molar-refractivity contribution in [2.24, 2.45) is 23.7 Å². The molecule has 0 aromatic carbocycles. The van der Waals surface area contributed by atoms with Gasteiger partial charge >= 0.3 is 0 Å². The van der Waals surface area contributed by atoms with Crippen molar-refractivity contribution in [1.29, 1.82) is 0 Å². The van der Waals surface area contributed by atoms with Crippen LogP contribution in [-0.4, -0.2) is 80.9 Å². The Kier molecular flexibility index (Phi) is 9.11. The van der Waals surface area contributed by atoms with Gasteiger partial charge in [0.25, 0.3) is 0 Å². The summed E-state index contributed by atoms with van der Waals surface area (Å²) in [5.74, 6) is -1.15. The molecule has 0 spiro atoms. The van der Waals surface area contributed by atoms with E-state index in [1.807, 2.05) is 27.7 Å². The van der Waals surface area contributed by atoms with Crippen LogP contribution in [0, 0.1) is 23.7 Å². The van der Waals surface area contributed by atoms with Gasteiger partial charge in [-0.25, -0.2) is 0 Å². The van der Waals surface area contributed by atoms with Gasteiger partial charge in [0.1, 0.15) is 0 Å². The molecule has 10 heteroatoms. The summed E-state index contributed by atoms with van der Waals surface area (Å²) in [6.07, 6.45) is 1.99. The van der Waals surface area contributed by atoms with Crippen LogP contribution in [0.3, 0.4) is 0 Å². The number of rotatable bonds is 9. The number of hydrogen-bond acceptors (Lipinski definition) is 7. The van der Waals surface area contributed by atoms with Crippen LogP contribution in [0.15, 0.2) is 0 Å². The third-order valence-corrected chi connectivity index (χ3v) is 9.81. The van der Waals surface area contributed by atoms with Gasteiger partial charge in [-0.15, -0.1) is 0 Å². The number of nitrogens with one attached hydrogen (secondary N) is 5. The highest BCUT2D eigenvalue weighted by molar-refractivity contribution is 5.82. The van der Waals surface area contributed by atoms with Crippen LogP contribution in [-0.2, 0) is 14.4 Å². The van der Waals surface area contributed by atoms with Crippen molar-refractivity contribution in [3.8, 4) is 0 Å². The maximum atomic E-state index is 13.4. The monoisotopic (exact) mass is 578 g/mol. The third-order valence-electron chi connectivity index (χ3n) is 9.81. The summed E-state index contributed by atoms with van der Waals surface area (Å²) in [5.41, 5.74) is -2.17. The van der Waals surface area contributed by atoms with E-state index in [-0.39, 0.29) is 57.6 Å². The predicted molar refractivity (Wildman–Crippen MR) is 161 cm³/mol. The highest BCUT2D eigenvalue weighted by Gasteiger charge is 2.54. The van der Waals surface area contributed by atoms with E-state index >= 15 is 0 Å². The fourth-order valence-corrected chi connectivity index (χ4v) is 7.89. The Morgan fingerprint density at radius 1 is 0.659 bits per heavy atom. The lowest BCUT2D eigenvalue weighted by Gasteiger charge is -2.35. The first-order valence-corrected chi connectivity index (χ1v) is 15.3. The molecule has 3 rings (SSSR count). The van der Waals surface area contributed by atoms with Crippen LogP contribution in [0.5, 0.6) is 0 Å². The average molecular weight is 579 g/mol. The Morgan fingerprint density at radius 3 is 1.27 bits per heavy atom. The molecule has 10 nitrogen and oxygen atoms in total. The molecule has 0 radical (unpaired) electrons. The lowest BCUT2D eigenvalue weighted by atomic mass is 9.85. The van der Waals surface area contributed by atoms with Crippen LogP contribution >= 0.6 is 0 Å². The topological polar surface area (TPSA) is 135 Å². The van der Waals surface area contributed by atoms with Crippen molar-refractivity contribution < 1.29 is 19.6 Å². The van der Waals surface area contributed by atoms with Gasteiger partial charge < -0.3 is 31.8 Å². The van der Waals surface area contributed by atoms with E-state index in [2.05, 4.69) is 82.0 Å². The molecule has 0 aliphatic carbocycles. The van der Waals surface area contributed by atoms with Crippen LogP contribution in [0.2, 0.25) is 0 Å². The molecule has 6 N–H and O–H groups in total. The van der Waals surface area contributed by atoms with Gasteiger partial charge in [0.15, 0.2) is 0 Å². The lowest BCUT2D eigenvalue weighted by molar-refractivity contribution is -0.197. The van der Waals surface area contributed by atoms with Gasteiger partial charge in [0.2, 0.25) is 17.7 Å². The van der Waals surface area contributed by atoms with E-state index in [4.69, 9.17) is 0 Å². The Bertz CT molecular complexity index is 966. The summed E-state index contributed by atoms with van der Waals surface area (Å²) in [7, 11) is 0. The summed E-state index contributed by atoms with van der Waals surface area (Å²) >= 11 is 0. The first-order valence-electron chi connectivity index (χ1n) is 15.3. The fourth-order valence-electron chi connectivity index (χ4n) is 7.89. The van der Waals surface area contributed by atoms with Crippen molar-refractivity contribution in [3.63, 3.8) is 0 Å². The second kappa shape index (κ2) is 11.1. The molecular formula is C31H58N6O4. The molecule has 3 aliphatic rings. The Labute approximate surface area is 247 Å². The van der Waals surface area contributed by atoms with E-state index in [9.17, 15) is 19.6 Å². The summed E-state index contributed by atoms with van der Waals surface area (Å²) in [6, 6.07) is 0. The zero-order valence-electron chi connectivity index (χ0n) is 27.7. The minimum Gasteiger partial charge on any atom is -0.355 e. The molecule has 3 saturated heterocycles. The van der Waals surface area contributed by atoms with Crippen molar-refractivity contribution in [2.45, 2.75) is 136 Å². The SMILES string of the molecule is CC1(C)CC(C(=O)NCC(CNC(=O)C2CC(C)(C)NC2(C)C)CNC(=O)C2CC(C)(C)N(O)C2(C)C)C(C)(C)N1. The molecule has 3 fully saturated rings. The van der Waals surface area contributed by atoms with Gasteiger partial charge in [0, 0.05) is 53.2 Å². The summed E-state index contributed by atoms with van der Waals surface area (Å²) in [4.78, 5) is 40.0. The lowest BCUT2D eigenvalue weighted by Crippen LogP contribution is -2.52. The minimum atomic E-state index is -0.715. The van der Waals surface area contributed by atoms with Crippen molar-refractivity contribution >= 4 is 17.7 Å². The molecule has 236 valence electrons. The molecule has 3 aliphatic heterocycles. The largest absolute Gasteiger partial charge is 0.355 e. The molecule has 3 unspecified atom stereocenters. The molecular weight excluding hydrogens is 520 g/mol. The number of hydroxylamine groups is 2. The van der Waals surface area contributed by atoms with Gasteiger partial charge in [0.05, 0.1) is 23.3 Å². The maximum absolute atomic E-state index is 13.4. The van der Waals surface area contributed by atoms with Gasteiger partial charge in [-0.1, -0.05) is 0 Å². The van der Waals surface area contributed by atoms with Gasteiger partial charge in [-0.05, 0) is 102 Å². The minimum absolute atomic E-state index is 0.0202. The van der Waals surface area contributed by atoms with E-state index in [0.29, 0.717) is 26.1 Å². The Balaban J connectivity index is 1.68. The Morgan fingerprint density at radius 2 is 1.00 bits per heavy atom. The number of amides is 3. The number of hydrogen-bond donors (Lipinski definition) is 6. The van der Waals surface area contributed by atoms with Crippen LogP contribution in [0.1, 0.15) is 102 Å². The van der Waals surface area contributed by atoms with E-state index < -0.39 is 17.0 Å². The van der Waals surface area contributed by atoms with E-state index in [0.717, 1.165) is 12.8 Å². The smallest absolute Gasteiger partial charge is 0.225 e. The zero-order chi connectivity index (χ0) is 31.4. The summed E-state index contributed by atoms with van der Waals surface area (Å²) < 4.78 is 0. The maximum Gasteiger partial charge on any atom is 0.225 e. The second-order valence-corrected chi connectivity index (χ2v) is 16.6. The van der Waals surface area contributed by atoms with Crippen LogP contribution < -0.4 is 26.6 Å². The van der Waals surface area contributed by atoms with Crippen molar-refractivity contribution in [1.82, 2.24) is 31.6 Å². The molecule has 0 bridgehead atoms. The molecule has 0 saturated carbocycles. The molecule has 3 atom stereocenters. The van der Waals surface area contributed by atoms with Crippen LogP contribution in [0.25, 0.3) is 0 Å². The fraction of sp³-hybridized carbons (Fsp3) is 0.903. The normalized spacial score (nSPS) is 31.4. The highest BCUT2D eigenvalue weighted by Crippen LogP contribution is 2.43. The summed E-state index contributed by atoms with van der Waals surface area (Å²) in [6.45, 7) is 25.2. The molecule has 0 aromatic rings. The van der Waals surface area contributed by atoms with Crippen molar-refractivity contribution in [3.05, 3.63) is 0 Å². The van der Waals surface area contributed by atoms with E-state index in [1.54, 1.807) is 0 Å². The molecule has 3 amide bonds. The predicted octanol–water partition coefficient (Wildman–Crippen LogP) is 2.55. The molecule has 0 aromatic heterocycles. The van der Waals surface area contributed by atoms with Gasteiger partial charge in [-0.3, -0.25) is 14.4 Å². The first kappa shape index (κ1) is 33.7. The zero-order valence-corrected chi connectivity index (χ0v) is 27.7. The summed E-state index contributed by atoms with van der Waals surface area (Å²) in [5, 5.41) is 28.4. The van der Waals surface area contributed by atoms with Crippen LogP contribution in [0.4, 0.5) is 0 Å². The number of carbonyl (C=O) groups excluding carboxylic acids is 3. The third kappa shape index (κ3) is 7.43. The molecule has 3 heterocycles. The van der Waals surface area contributed by atoms with Gasteiger partial charge in [-0.2, -0.15) is 5.06 Å².